The van der Waals surface area contributed by atoms with E-state index in [-0.39, 0.29) is 5.91 Å². The van der Waals surface area contributed by atoms with Gasteiger partial charge >= 0.3 is 0 Å². The van der Waals surface area contributed by atoms with Crippen molar-refractivity contribution in [2.75, 3.05) is 5.32 Å². The molecule has 5 nitrogen and oxygen atoms in total. The van der Waals surface area contributed by atoms with Gasteiger partial charge in [0.2, 0.25) is 5.91 Å². The van der Waals surface area contributed by atoms with Crippen molar-refractivity contribution < 1.29 is 4.79 Å². The molecule has 1 unspecified atom stereocenters. The van der Waals surface area contributed by atoms with Crippen LogP contribution in [-0.2, 0) is 17.6 Å². The maximum atomic E-state index is 12.6. The molecule has 0 spiro atoms. The Morgan fingerprint density at radius 1 is 1.42 bits per heavy atom. The van der Waals surface area contributed by atoms with Crippen molar-refractivity contribution in [2.24, 2.45) is 0 Å². The summed E-state index contributed by atoms with van der Waals surface area (Å²) in [5.41, 5.74) is 3.22. The molecule has 0 saturated heterocycles. The van der Waals surface area contributed by atoms with Crippen LogP contribution in [-0.4, -0.2) is 15.7 Å². The lowest BCUT2D eigenvalue weighted by molar-refractivity contribution is -0.119. The lowest BCUT2D eigenvalue weighted by Gasteiger charge is -2.14. The van der Waals surface area contributed by atoms with Crippen molar-refractivity contribution in [3.05, 3.63) is 32.4 Å². The minimum absolute atomic E-state index is 0.188. The zero-order chi connectivity index (χ0) is 17.4. The molecule has 0 saturated carbocycles. The van der Waals surface area contributed by atoms with Gasteiger partial charge in [-0.2, -0.15) is 10.4 Å². The Kier molecular flexibility index (Phi) is 4.66. The number of fused-ring (bicyclic) bond motifs is 1. The van der Waals surface area contributed by atoms with Crippen molar-refractivity contribution in [1.82, 2.24) is 9.78 Å². The summed E-state index contributed by atoms with van der Waals surface area (Å²) < 4.78 is 1.63. The standard InChI is InChI=1S/C17H19ClN4OS/c1-9-15(18)10(2)22(21-9)11(3)16(23)20-17-13(8-19)12-6-4-5-7-14(12)24-17/h11H,4-7H2,1-3H3,(H,20,23). The quantitative estimate of drug-likeness (QED) is 0.890. The summed E-state index contributed by atoms with van der Waals surface area (Å²) in [6.45, 7) is 5.44. The Labute approximate surface area is 150 Å². The molecule has 3 rings (SSSR count). The second-order valence-electron chi connectivity index (χ2n) is 6.12. The summed E-state index contributed by atoms with van der Waals surface area (Å²) in [6, 6.07) is 1.77. The first kappa shape index (κ1) is 17.0. The van der Waals surface area contributed by atoms with Crippen LogP contribution in [0.25, 0.3) is 0 Å². The second-order valence-corrected chi connectivity index (χ2v) is 7.60. The van der Waals surface area contributed by atoms with Gasteiger partial charge in [0.05, 0.1) is 22.0 Å². The number of hydrogen-bond acceptors (Lipinski definition) is 4. The number of carbonyl (C=O) groups excluding carboxylic acids is 1. The minimum atomic E-state index is -0.498. The molecule has 2 heterocycles. The number of carbonyl (C=O) groups is 1. The molecule has 7 heteroatoms. The molecule has 1 N–H and O–H groups in total. The van der Waals surface area contributed by atoms with E-state index in [0.29, 0.717) is 21.3 Å². The van der Waals surface area contributed by atoms with Crippen LogP contribution in [0.4, 0.5) is 5.00 Å². The van der Waals surface area contributed by atoms with Gasteiger partial charge in [-0.1, -0.05) is 11.6 Å². The SMILES string of the molecule is Cc1nn(C(C)C(=O)Nc2sc3c(c2C#N)CCCC3)c(C)c1Cl. The lowest BCUT2D eigenvalue weighted by atomic mass is 9.96. The van der Waals surface area contributed by atoms with Crippen LogP contribution in [0.1, 0.15) is 53.2 Å². The highest BCUT2D eigenvalue weighted by molar-refractivity contribution is 7.16. The lowest BCUT2D eigenvalue weighted by Crippen LogP contribution is -2.25. The predicted molar refractivity (Wildman–Crippen MR) is 95.7 cm³/mol. The van der Waals surface area contributed by atoms with Crippen LogP contribution >= 0.6 is 22.9 Å². The van der Waals surface area contributed by atoms with E-state index >= 15 is 0 Å². The van der Waals surface area contributed by atoms with Gasteiger partial charge in [0, 0.05) is 4.88 Å². The number of halogens is 1. The average molecular weight is 363 g/mol. The van der Waals surface area contributed by atoms with Crippen molar-refractivity contribution in [3.63, 3.8) is 0 Å². The fourth-order valence-corrected chi connectivity index (χ4v) is 4.49. The molecule has 0 radical (unpaired) electrons. The summed E-state index contributed by atoms with van der Waals surface area (Å²) in [5.74, 6) is -0.188. The van der Waals surface area contributed by atoms with Gasteiger partial charge in [0.25, 0.3) is 0 Å². The molecule has 2 aromatic heterocycles. The summed E-state index contributed by atoms with van der Waals surface area (Å²) in [4.78, 5) is 13.9. The first-order valence-corrected chi connectivity index (χ1v) is 9.20. The minimum Gasteiger partial charge on any atom is -0.315 e. The van der Waals surface area contributed by atoms with Crippen LogP contribution in [0, 0.1) is 25.2 Å². The molecule has 2 aromatic rings. The van der Waals surface area contributed by atoms with E-state index < -0.39 is 6.04 Å². The molecule has 0 fully saturated rings. The van der Waals surface area contributed by atoms with E-state index in [1.54, 1.807) is 11.6 Å². The van der Waals surface area contributed by atoms with Crippen molar-refractivity contribution in [1.29, 1.82) is 5.26 Å². The zero-order valence-corrected chi connectivity index (χ0v) is 15.5. The Hall–Kier alpha value is -1.84. The molecule has 126 valence electrons. The number of hydrogen-bond donors (Lipinski definition) is 1. The highest BCUT2D eigenvalue weighted by Crippen LogP contribution is 2.38. The summed E-state index contributed by atoms with van der Waals surface area (Å²) in [6.07, 6.45) is 4.17. The van der Waals surface area contributed by atoms with Gasteiger partial charge in [-0.3, -0.25) is 9.48 Å². The fraction of sp³-hybridized carbons (Fsp3) is 0.471. The molecular formula is C17H19ClN4OS. The summed E-state index contributed by atoms with van der Waals surface area (Å²) >= 11 is 7.70. The van der Waals surface area contributed by atoms with E-state index in [9.17, 15) is 10.1 Å². The van der Waals surface area contributed by atoms with Gasteiger partial charge in [0.1, 0.15) is 17.1 Å². The third kappa shape index (κ3) is 2.83. The van der Waals surface area contributed by atoms with Crippen molar-refractivity contribution in [2.45, 2.75) is 52.5 Å². The topological polar surface area (TPSA) is 70.7 Å². The fourth-order valence-electron chi connectivity index (χ4n) is 3.12. The van der Waals surface area contributed by atoms with Crippen molar-refractivity contribution >= 4 is 33.8 Å². The molecule has 1 aliphatic carbocycles. The van der Waals surface area contributed by atoms with E-state index in [1.807, 2.05) is 13.8 Å². The third-order valence-corrected chi connectivity index (χ3v) is 6.26. The molecule has 1 amide bonds. The zero-order valence-electron chi connectivity index (χ0n) is 13.9. The number of aryl methyl sites for hydroxylation is 2. The average Bonchev–Trinajstić information content (AvgIpc) is 3.05. The number of nitrogens with zero attached hydrogens (tertiary/aromatic N) is 3. The largest absolute Gasteiger partial charge is 0.315 e. The van der Waals surface area contributed by atoms with Gasteiger partial charge in [-0.25, -0.2) is 0 Å². The number of nitrogens with one attached hydrogen (secondary N) is 1. The Bertz CT molecular complexity index is 846. The highest BCUT2D eigenvalue weighted by atomic mass is 35.5. The highest BCUT2D eigenvalue weighted by Gasteiger charge is 2.25. The molecule has 0 bridgehead atoms. The number of rotatable bonds is 3. The van der Waals surface area contributed by atoms with Gasteiger partial charge in [-0.15, -0.1) is 11.3 Å². The Morgan fingerprint density at radius 2 is 2.12 bits per heavy atom. The maximum Gasteiger partial charge on any atom is 0.249 e. The van der Waals surface area contributed by atoms with E-state index in [1.165, 1.54) is 16.2 Å². The first-order valence-electron chi connectivity index (χ1n) is 8.00. The van der Waals surface area contributed by atoms with E-state index in [4.69, 9.17) is 11.6 Å². The Balaban J connectivity index is 1.86. The molecule has 24 heavy (non-hydrogen) atoms. The molecule has 1 atom stereocenters. The van der Waals surface area contributed by atoms with Crippen LogP contribution in [0.2, 0.25) is 5.02 Å². The molecule has 0 aromatic carbocycles. The number of amides is 1. The molecule has 0 aliphatic heterocycles. The number of aromatic nitrogens is 2. The predicted octanol–water partition coefficient (Wildman–Crippen LogP) is 4.17. The number of nitriles is 1. The molecular weight excluding hydrogens is 344 g/mol. The van der Waals surface area contributed by atoms with Gasteiger partial charge in [-0.05, 0) is 52.0 Å². The maximum absolute atomic E-state index is 12.6. The van der Waals surface area contributed by atoms with Crippen LogP contribution in [0.3, 0.4) is 0 Å². The van der Waals surface area contributed by atoms with Crippen LogP contribution in [0.5, 0.6) is 0 Å². The third-order valence-electron chi connectivity index (χ3n) is 4.50. The van der Waals surface area contributed by atoms with Crippen LogP contribution in [0.15, 0.2) is 0 Å². The van der Waals surface area contributed by atoms with Gasteiger partial charge in [0.15, 0.2) is 0 Å². The normalized spacial score (nSPS) is 14.8. The summed E-state index contributed by atoms with van der Waals surface area (Å²) in [7, 11) is 0. The van der Waals surface area contributed by atoms with E-state index in [0.717, 1.165) is 36.9 Å². The Morgan fingerprint density at radius 3 is 2.75 bits per heavy atom. The molecule has 1 aliphatic rings. The number of thiophene rings is 1. The summed E-state index contributed by atoms with van der Waals surface area (Å²) in [5, 5.41) is 18.0. The smallest absolute Gasteiger partial charge is 0.249 e. The first-order chi connectivity index (χ1) is 11.4. The monoisotopic (exact) mass is 362 g/mol. The second kappa shape index (κ2) is 6.58. The van der Waals surface area contributed by atoms with Crippen LogP contribution < -0.4 is 5.32 Å². The van der Waals surface area contributed by atoms with Crippen molar-refractivity contribution in [3.8, 4) is 6.07 Å². The van der Waals surface area contributed by atoms with Gasteiger partial charge < -0.3 is 5.32 Å². The number of anilines is 1. The van der Waals surface area contributed by atoms with E-state index in [2.05, 4.69) is 16.5 Å².